The molecule has 1 saturated heterocycles. The fraction of sp³-hybridized carbons (Fsp3) is 0.533. The summed E-state index contributed by atoms with van der Waals surface area (Å²) in [4.78, 5) is 19.8. The molecule has 2 rings (SSSR count). The van der Waals surface area contributed by atoms with Gasteiger partial charge in [-0.2, -0.15) is 0 Å². The minimum absolute atomic E-state index is 0.0503. The van der Waals surface area contributed by atoms with E-state index in [0.29, 0.717) is 16.0 Å². The van der Waals surface area contributed by atoms with Crippen molar-refractivity contribution in [2.75, 3.05) is 5.75 Å². The zero-order chi connectivity index (χ0) is 17.3. The van der Waals surface area contributed by atoms with E-state index in [1.807, 2.05) is 33.8 Å². The molecule has 0 atom stereocenters. The summed E-state index contributed by atoms with van der Waals surface area (Å²) in [6, 6.07) is 0. The lowest BCUT2D eigenvalue weighted by molar-refractivity contribution is -0.109. The molecule has 0 aliphatic carbocycles. The minimum atomic E-state index is -0.503. The number of hydrogen-bond acceptors (Lipinski definition) is 6. The van der Waals surface area contributed by atoms with Crippen LogP contribution in [0.5, 0.6) is 0 Å². The Labute approximate surface area is 149 Å². The Bertz CT molecular complexity index is 604. The van der Waals surface area contributed by atoms with E-state index >= 15 is 0 Å². The van der Waals surface area contributed by atoms with Crippen LogP contribution >= 0.6 is 27.7 Å². The van der Waals surface area contributed by atoms with Gasteiger partial charge in [0.25, 0.3) is 0 Å². The third-order valence-electron chi connectivity index (χ3n) is 3.97. The number of hydrogen-bond donors (Lipinski definition) is 0. The summed E-state index contributed by atoms with van der Waals surface area (Å²) in [6.45, 7) is 9.56. The van der Waals surface area contributed by atoms with Crippen LogP contribution in [0.2, 0.25) is 0 Å². The molecule has 1 aromatic rings. The van der Waals surface area contributed by atoms with Gasteiger partial charge in [-0.3, -0.25) is 9.78 Å². The van der Waals surface area contributed by atoms with Gasteiger partial charge in [0, 0.05) is 12.7 Å². The van der Waals surface area contributed by atoms with E-state index < -0.39 is 18.3 Å². The lowest BCUT2D eigenvalue weighted by Gasteiger charge is -2.32. The largest absolute Gasteiger partial charge is 0.491 e. The predicted octanol–water partition coefficient (Wildman–Crippen LogP) is 3.53. The van der Waals surface area contributed by atoms with E-state index in [1.165, 1.54) is 11.8 Å². The number of aromatic nitrogens is 2. The lowest BCUT2D eigenvalue weighted by Crippen LogP contribution is -2.41. The molecule has 0 spiro atoms. The Hall–Kier alpha value is -0.695. The molecule has 0 saturated carbocycles. The summed E-state index contributed by atoms with van der Waals surface area (Å²) in [6.07, 6.45) is 5.16. The molecule has 0 aromatic carbocycles. The molecule has 23 heavy (non-hydrogen) atoms. The first kappa shape index (κ1) is 18.6. The number of carbonyl (C=O) groups is 1. The Balaban J connectivity index is 2.28. The van der Waals surface area contributed by atoms with Gasteiger partial charge in [-0.15, -0.1) is 0 Å². The molecule has 0 amide bonds. The van der Waals surface area contributed by atoms with E-state index in [2.05, 4.69) is 25.9 Å². The molecule has 1 aliphatic rings. The summed E-state index contributed by atoms with van der Waals surface area (Å²) in [5.41, 5.74) is 0.703. The molecule has 2 heterocycles. The van der Waals surface area contributed by atoms with Crippen LogP contribution < -0.4 is 0 Å². The molecule has 0 bridgehead atoms. The second kappa shape index (κ2) is 7.05. The molecule has 1 aliphatic heterocycles. The van der Waals surface area contributed by atoms with Crippen molar-refractivity contribution in [2.24, 2.45) is 0 Å². The van der Waals surface area contributed by atoms with E-state index in [-0.39, 0.29) is 5.12 Å². The average Bonchev–Trinajstić information content (AvgIpc) is 2.65. The van der Waals surface area contributed by atoms with Gasteiger partial charge < -0.3 is 9.31 Å². The van der Waals surface area contributed by atoms with Crippen molar-refractivity contribution >= 4 is 46.0 Å². The predicted molar refractivity (Wildman–Crippen MR) is 96.9 cm³/mol. The molecule has 0 N–H and O–H groups in total. The number of carbonyl (C=O) groups excluding carboxylic acids is 1. The van der Waals surface area contributed by atoms with Crippen LogP contribution in [0.1, 0.15) is 40.3 Å². The first-order chi connectivity index (χ1) is 10.6. The first-order valence-corrected chi connectivity index (χ1v) is 9.05. The quantitative estimate of drug-likeness (QED) is 0.723. The summed E-state index contributed by atoms with van der Waals surface area (Å²) in [5, 5.41) is 0.0503. The third-order valence-corrected chi connectivity index (χ3v) is 5.27. The molecule has 124 valence electrons. The fourth-order valence-electron chi connectivity index (χ4n) is 1.94. The van der Waals surface area contributed by atoms with Gasteiger partial charge in [-0.25, -0.2) is 4.98 Å². The topological polar surface area (TPSA) is 61.3 Å². The zero-order valence-corrected chi connectivity index (χ0v) is 16.3. The van der Waals surface area contributed by atoms with Crippen molar-refractivity contribution in [3.8, 4) is 0 Å². The van der Waals surface area contributed by atoms with Crippen molar-refractivity contribution in [1.82, 2.24) is 9.97 Å². The van der Waals surface area contributed by atoms with Crippen molar-refractivity contribution in [3.05, 3.63) is 28.2 Å². The fourth-order valence-corrected chi connectivity index (χ4v) is 2.74. The molecule has 5 nitrogen and oxygen atoms in total. The molecule has 0 unspecified atom stereocenters. The molecule has 1 fully saturated rings. The van der Waals surface area contributed by atoms with Crippen molar-refractivity contribution in [1.29, 1.82) is 0 Å². The van der Waals surface area contributed by atoms with Crippen LogP contribution in [-0.4, -0.2) is 39.2 Å². The zero-order valence-electron chi connectivity index (χ0n) is 13.9. The number of halogens is 1. The van der Waals surface area contributed by atoms with E-state index in [1.54, 1.807) is 19.3 Å². The van der Waals surface area contributed by atoms with Gasteiger partial charge in [-0.1, -0.05) is 11.8 Å². The smallest absolute Gasteiger partial charge is 0.400 e. The van der Waals surface area contributed by atoms with Gasteiger partial charge in [0.15, 0.2) is 5.12 Å². The summed E-state index contributed by atoms with van der Waals surface area (Å²) >= 11 is 4.49. The first-order valence-electron chi connectivity index (χ1n) is 7.28. The number of thioether (sulfide) groups is 1. The van der Waals surface area contributed by atoms with E-state index in [9.17, 15) is 4.79 Å². The lowest BCUT2D eigenvalue weighted by atomic mass is 9.78. The van der Waals surface area contributed by atoms with Gasteiger partial charge in [0.2, 0.25) is 0 Å². The highest BCUT2D eigenvalue weighted by Gasteiger charge is 2.52. The monoisotopic (exact) mass is 398 g/mol. The van der Waals surface area contributed by atoms with Gasteiger partial charge in [0.05, 0.1) is 29.3 Å². The van der Waals surface area contributed by atoms with Gasteiger partial charge in [0.1, 0.15) is 4.60 Å². The van der Waals surface area contributed by atoms with Crippen LogP contribution in [0, 0.1) is 0 Å². The van der Waals surface area contributed by atoms with Crippen LogP contribution in [0.3, 0.4) is 0 Å². The van der Waals surface area contributed by atoms with Crippen molar-refractivity contribution in [2.45, 2.75) is 45.8 Å². The Morgan fingerprint density at radius 1 is 1.26 bits per heavy atom. The summed E-state index contributed by atoms with van der Waals surface area (Å²) < 4.78 is 12.8. The molecule has 8 heteroatoms. The number of nitrogens with zero attached hydrogens (tertiary/aromatic N) is 2. The summed E-state index contributed by atoms with van der Waals surface area (Å²) in [5.74, 6) is 0.490. The number of rotatable bonds is 4. The Morgan fingerprint density at radius 2 is 1.87 bits per heavy atom. The second-order valence-electron chi connectivity index (χ2n) is 6.35. The van der Waals surface area contributed by atoms with Crippen LogP contribution in [0.25, 0.3) is 6.08 Å². The summed E-state index contributed by atoms with van der Waals surface area (Å²) in [7, 11) is -0.503. The molecular weight excluding hydrogens is 379 g/mol. The normalized spacial score (nSPS) is 19.9. The van der Waals surface area contributed by atoms with E-state index in [4.69, 9.17) is 9.31 Å². The maximum atomic E-state index is 11.3. The van der Waals surface area contributed by atoms with Crippen LogP contribution in [-0.2, 0) is 14.1 Å². The standard InChI is InChI=1S/C15H20BBrN2O3S/c1-10(20)23-9-11(6-12-7-19-13(17)8-18-12)16-21-14(2,3)15(4,5)22-16/h6-8H,9H2,1-5H3. The Morgan fingerprint density at radius 3 is 2.35 bits per heavy atom. The molecule has 1 aromatic heterocycles. The third kappa shape index (κ3) is 4.65. The highest BCUT2D eigenvalue weighted by atomic mass is 79.9. The van der Waals surface area contributed by atoms with Gasteiger partial charge in [-0.05, 0) is 55.2 Å². The van der Waals surface area contributed by atoms with Gasteiger partial charge >= 0.3 is 7.12 Å². The molecular formula is C15H20BBrN2O3S. The highest BCUT2D eigenvalue weighted by molar-refractivity contribution is 9.10. The maximum absolute atomic E-state index is 11.3. The van der Waals surface area contributed by atoms with E-state index in [0.717, 1.165) is 5.47 Å². The molecule has 0 radical (unpaired) electrons. The average molecular weight is 399 g/mol. The SMILES string of the molecule is CC(=O)SCC(=Cc1cnc(Br)cn1)B1OC(C)(C)C(C)(C)O1. The second-order valence-corrected chi connectivity index (χ2v) is 8.32. The van der Waals surface area contributed by atoms with Crippen molar-refractivity contribution in [3.63, 3.8) is 0 Å². The van der Waals surface area contributed by atoms with Crippen LogP contribution in [0.15, 0.2) is 22.5 Å². The maximum Gasteiger partial charge on any atom is 0.491 e. The van der Waals surface area contributed by atoms with Crippen molar-refractivity contribution < 1.29 is 14.1 Å². The highest BCUT2D eigenvalue weighted by Crippen LogP contribution is 2.39. The van der Waals surface area contributed by atoms with Crippen LogP contribution in [0.4, 0.5) is 0 Å². The Kier molecular flexibility index (Phi) is 5.71. The minimum Gasteiger partial charge on any atom is -0.400 e.